The van der Waals surface area contributed by atoms with Crippen LogP contribution in [0.1, 0.15) is 13.3 Å². The Bertz CT molecular complexity index is 349. The fourth-order valence-electron chi connectivity index (χ4n) is 1.70. The van der Waals surface area contributed by atoms with Crippen LogP contribution in [0.25, 0.3) is 0 Å². The van der Waals surface area contributed by atoms with Crippen LogP contribution in [-0.4, -0.2) is 34.2 Å². The summed E-state index contributed by atoms with van der Waals surface area (Å²) >= 11 is 5.69. The standard InChI is InChI=1S/C9H14ClN5O/c1-5(6-2-3-16-4-6)12-9-14-7(10)13-8(11)15-9/h5-6H,2-4H2,1H3,(H3,11,12,13,14,15). The number of nitrogens with two attached hydrogens (primary N) is 1. The van der Waals surface area contributed by atoms with E-state index in [1.165, 1.54) is 0 Å². The zero-order valence-corrected chi connectivity index (χ0v) is 9.74. The Kier molecular flexibility index (Phi) is 3.40. The Hall–Kier alpha value is -1.14. The van der Waals surface area contributed by atoms with Gasteiger partial charge in [-0.05, 0) is 24.9 Å². The van der Waals surface area contributed by atoms with Crippen molar-refractivity contribution in [3.63, 3.8) is 0 Å². The largest absolute Gasteiger partial charge is 0.381 e. The molecule has 0 amide bonds. The summed E-state index contributed by atoms with van der Waals surface area (Å²) in [4.78, 5) is 11.6. The Morgan fingerprint density at radius 3 is 2.94 bits per heavy atom. The second-order valence-corrected chi connectivity index (χ2v) is 4.18. The van der Waals surface area contributed by atoms with Gasteiger partial charge in [0.1, 0.15) is 0 Å². The average Bonchev–Trinajstić information content (AvgIpc) is 2.68. The molecule has 7 heteroatoms. The van der Waals surface area contributed by atoms with Crippen molar-refractivity contribution in [1.82, 2.24) is 15.0 Å². The van der Waals surface area contributed by atoms with Crippen molar-refractivity contribution in [3.05, 3.63) is 5.28 Å². The normalized spacial score (nSPS) is 22.0. The lowest BCUT2D eigenvalue weighted by molar-refractivity contribution is 0.183. The van der Waals surface area contributed by atoms with Gasteiger partial charge in [-0.1, -0.05) is 0 Å². The highest BCUT2D eigenvalue weighted by atomic mass is 35.5. The number of halogens is 1. The second-order valence-electron chi connectivity index (χ2n) is 3.84. The SMILES string of the molecule is CC(Nc1nc(N)nc(Cl)n1)C1CCOC1. The van der Waals surface area contributed by atoms with Crippen molar-refractivity contribution >= 4 is 23.5 Å². The molecule has 88 valence electrons. The monoisotopic (exact) mass is 243 g/mol. The fraction of sp³-hybridized carbons (Fsp3) is 0.667. The molecule has 0 aromatic carbocycles. The van der Waals surface area contributed by atoms with Gasteiger partial charge in [0.2, 0.25) is 17.2 Å². The summed E-state index contributed by atoms with van der Waals surface area (Å²) in [6.07, 6.45) is 1.04. The van der Waals surface area contributed by atoms with Gasteiger partial charge in [0.15, 0.2) is 0 Å². The maximum absolute atomic E-state index is 5.69. The van der Waals surface area contributed by atoms with Crippen molar-refractivity contribution in [2.24, 2.45) is 5.92 Å². The number of hydrogen-bond donors (Lipinski definition) is 2. The summed E-state index contributed by atoms with van der Waals surface area (Å²) < 4.78 is 5.32. The molecule has 3 N–H and O–H groups in total. The molecule has 2 atom stereocenters. The molecule has 0 saturated carbocycles. The van der Waals surface area contributed by atoms with Gasteiger partial charge in [0.05, 0.1) is 6.61 Å². The third-order valence-electron chi connectivity index (χ3n) is 2.65. The molecule has 6 nitrogen and oxygen atoms in total. The summed E-state index contributed by atoms with van der Waals surface area (Å²) in [5.41, 5.74) is 5.48. The van der Waals surface area contributed by atoms with E-state index in [0.29, 0.717) is 11.9 Å². The Morgan fingerprint density at radius 1 is 1.50 bits per heavy atom. The molecule has 1 fully saturated rings. The van der Waals surface area contributed by atoms with Crippen molar-refractivity contribution in [1.29, 1.82) is 0 Å². The minimum Gasteiger partial charge on any atom is -0.381 e. The van der Waals surface area contributed by atoms with Gasteiger partial charge in [-0.2, -0.15) is 15.0 Å². The predicted octanol–water partition coefficient (Wildman–Crippen LogP) is 0.944. The number of ether oxygens (including phenoxy) is 1. The van der Waals surface area contributed by atoms with E-state index in [-0.39, 0.29) is 17.3 Å². The van der Waals surface area contributed by atoms with E-state index in [9.17, 15) is 0 Å². The summed E-state index contributed by atoms with van der Waals surface area (Å²) in [6, 6.07) is 0.223. The summed E-state index contributed by atoms with van der Waals surface area (Å²) in [5, 5.41) is 3.26. The van der Waals surface area contributed by atoms with Crippen molar-refractivity contribution in [2.45, 2.75) is 19.4 Å². The number of nitrogens with zero attached hydrogens (tertiary/aromatic N) is 3. The highest BCUT2D eigenvalue weighted by Gasteiger charge is 2.22. The number of anilines is 2. The predicted molar refractivity (Wildman–Crippen MR) is 61.3 cm³/mol. The molecule has 1 aromatic heterocycles. The zero-order valence-electron chi connectivity index (χ0n) is 8.98. The molecule has 1 aliphatic rings. The first-order chi connectivity index (χ1) is 7.65. The topological polar surface area (TPSA) is 86.0 Å². The third kappa shape index (κ3) is 2.70. The van der Waals surface area contributed by atoms with Crippen LogP contribution in [0.15, 0.2) is 0 Å². The van der Waals surface area contributed by atoms with Crippen LogP contribution in [0, 0.1) is 5.92 Å². The number of hydrogen-bond acceptors (Lipinski definition) is 6. The molecule has 2 heterocycles. The van der Waals surface area contributed by atoms with Gasteiger partial charge < -0.3 is 15.8 Å². The average molecular weight is 244 g/mol. The van der Waals surface area contributed by atoms with Gasteiger partial charge in [-0.15, -0.1) is 0 Å². The van der Waals surface area contributed by atoms with E-state index >= 15 is 0 Å². The van der Waals surface area contributed by atoms with Crippen LogP contribution >= 0.6 is 11.6 Å². The van der Waals surface area contributed by atoms with E-state index in [0.717, 1.165) is 19.6 Å². The van der Waals surface area contributed by atoms with Gasteiger partial charge in [0.25, 0.3) is 0 Å². The van der Waals surface area contributed by atoms with E-state index < -0.39 is 0 Å². The highest BCUT2D eigenvalue weighted by molar-refractivity contribution is 6.28. The van der Waals surface area contributed by atoms with Gasteiger partial charge in [-0.25, -0.2) is 0 Å². The lowest BCUT2D eigenvalue weighted by Crippen LogP contribution is -2.27. The summed E-state index contributed by atoms with van der Waals surface area (Å²) in [7, 11) is 0. The number of aromatic nitrogens is 3. The molecule has 1 aromatic rings. The Labute approximate surface area is 98.6 Å². The first kappa shape index (κ1) is 11.3. The van der Waals surface area contributed by atoms with E-state index in [4.69, 9.17) is 22.1 Å². The number of rotatable bonds is 3. The molecule has 16 heavy (non-hydrogen) atoms. The van der Waals surface area contributed by atoms with Crippen LogP contribution in [0.4, 0.5) is 11.9 Å². The Balaban J connectivity index is 2.02. The minimum atomic E-state index is 0.102. The first-order valence-corrected chi connectivity index (χ1v) is 5.54. The van der Waals surface area contributed by atoms with Crippen LogP contribution in [0.2, 0.25) is 5.28 Å². The molecule has 0 radical (unpaired) electrons. The van der Waals surface area contributed by atoms with E-state index in [2.05, 4.69) is 27.2 Å². The van der Waals surface area contributed by atoms with Crippen LogP contribution in [-0.2, 0) is 4.74 Å². The van der Waals surface area contributed by atoms with Crippen LogP contribution < -0.4 is 11.1 Å². The summed E-state index contributed by atoms with van der Waals surface area (Å²) in [6.45, 7) is 3.65. The van der Waals surface area contributed by atoms with Crippen molar-refractivity contribution in [2.75, 3.05) is 24.3 Å². The van der Waals surface area contributed by atoms with Crippen molar-refractivity contribution < 1.29 is 4.74 Å². The second kappa shape index (κ2) is 4.80. The minimum absolute atomic E-state index is 0.102. The fourth-order valence-corrected chi connectivity index (χ4v) is 1.87. The molecule has 1 aliphatic heterocycles. The van der Waals surface area contributed by atoms with Gasteiger partial charge in [0, 0.05) is 18.6 Å². The molecular formula is C9H14ClN5O. The third-order valence-corrected chi connectivity index (χ3v) is 2.82. The van der Waals surface area contributed by atoms with Gasteiger partial charge >= 0.3 is 0 Å². The molecule has 2 rings (SSSR count). The maximum atomic E-state index is 5.69. The van der Waals surface area contributed by atoms with Crippen LogP contribution in [0.3, 0.4) is 0 Å². The molecule has 0 aliphatic carbocycles. The molecule has 1 saturated heterocycles. The van der Waals surface area contributed by atoms with E-state index in [1.807, 2.05) is 0 Å². The first-order valence-electron chi connectivity index (χ1n) is 5.16. The maximum Gasteiger partial charge on any atom is 0.229 e. The number of nitrogen functional groups attached to an aromatic ring is 1. The molecular weight excluding hydrogens is 230 g/mol. The summed E-state index contributed by atoms with van der Waals surface area (Å²) in [5.74, 6) is 1.01. The molecule has 2 unspecified atom stereocenters. The molecule has 0 spiro atoms. The van der Waals surface area contributed by atoms with Gasteiger partial charge in [-0.3, -0.25) is 0 Å². The zero-order chi connectivity index (χ0) is 11.5. The highest BCUT2D eigenvalue weighted by Crippen LogP contribution is 2.19. The van der Waals surface area contributed by atoms with E-state index in [1.54, 1.807) is 0 Å². The lowest BCUT2D eigenvalue weighted by atomic mass is 10.0. The van der Waals surface area contributed by atoms with Crippen molar-refractivity contribution in [3.8, 4) is 0 Å². The number of nitrogens with one attached hydrogen (secondary N) is 1. The quantitative estimate of drug-likeness (QED) is 0.822. The Morgan fingerprint density at radius 2 is 2.31 bits per heavy atom. The van der Waals surface area contributed by atoms with Crippen LogP contribution in [0.5, 0.6) is 0 Å². The smallest absolute Gasteiger partial charge is 0.229 e. The molecule has 0 bridgehead atoms. The lowest BCUT2D eigenvalue weighted by Gasteiger charge is -2.18.